The lowest BCUT2D eigenvalue weighted by atomic mass is 9.44. The molecule has 0 aromatic heterocycles. The molecule has 356 valence electrons. The SMILES string of the molecule is C[C@H](CCC(=O)O)[C@H]1CC[C@H]2[C@@H]3CCC4CC(OC(=O)CCNC(=O)CCCCCNC(=O)CCCCCNC(=O)CCCC[C@@H]5SC[C@@H]6NC(=O)N[C@@H]65)CC[C@]4(C)[C@H]3CC[C@]12C. The van der Waals surface area contributed by atoms with Crippen molar-refractivity contribution < 1.29 is 38.6 Å². The number of carbonyl (C=O) groups is 6. The summed E-state index contributed by atoms with van der Waals surface area (Å²) in [5.74, 6) is 3.99. The molecule has 0 aromatic carbocycles. The number of rotatable bonds is 25. The number of fused-ring (bicyclic) bond motifs is 6. The van der Waals surface area contributed by atoms with E-state index in [2.05, 4.69) is 47.4 Å². The van der Waals surface area contributed by atoms with Crippen molar-refractivity contribution in [1.82, 2.24) is 26.6 Å². The Morgan fingerprint density at radius 1 is 0.730 bits per heavy atom. The number of carboxylic acid groups (broad SMARTS) is 1. The maximum Gasteiger partial charge on any atom is 0.315 e. The topological polar surface area (TPSA) is 192 Å². The zero-order valence-corrected chi connectivity index (χ0v) is 39.6. The molecule has 4 aliphatic carbocycles. The Hall–Kier alpha value is -3.03. The van der Waals surface area contributed by atoms with Crippen LogP contribution in [0, 0.1) is 46.3 Å². The summed E-state index contributed by atoms with van der Waals surface area (Å²) in [6.07, 6.45) is 20.8. The molecule has 0 radical (unpaired) electrons. The van der Waals surface area contributed by atoms with E-state index in [1.165, 1.54) is 38.5 Å². The summed E-state index contributed by atoms with van der Waals surface area (Å²) in [5, 5.41) is 24.5. The maximum atomic E-state index is 12.9. The van der Waals surface area contributed by atoms with Gasteiger partial charge in [-0.25, -0.2) is 4.79 Å². The predicted octanol–water partition coefficient (Wildman–Crippen LogP) is 7.64. The molecule has 2 aliphatic heterocycles. The molecule has 0 bridgehead atoms. The van der Waals surface area contributed by atoms with Gasteiger partial charge in [0, 0.05) is 56.3 Å². The first-order valence-corrected chi connectivity index (χ1v) is 26.2. The van der Waals surface area contributed by atoms with Crippen molar-refractivity contribution in [2.24, 2.45) is 46.3 Å². The van der Waals surface area contributed by atoms with Crippen LogP contribution in [0.5, 0.6) is 0 Å². The molecular weight excluding hydrogens is 819 g/mol. The van der Waals surface area contributed by atoms with Crippen LogP contribution < -0.4 is 26.6 Å². The van der Waals surface area contributed by atoms with Crippen molar-refractivity contribution in [1.29, 1.82) is 0 Å². The van der Waals surface area contributed by atoms with Crippen LogP contribution in [0.4, 0.5) is 4.79 Å². The van der Waals surface area contributed by atoms with Crippen LogP contribution in [-0.4, -0.2) is 89.6 Å². The normalized spacial score (nSPS) is 33.4. The number of carboxylic acids is 1. The van der Waals surface area contributed by atoms with E-state index in [1.807, 2.05) is 11.8 Å². The van der Waals surface area contributed by atoms with Crippen LogP contribution in [-0.2, 0) is 28.7 Å². The first-order valence-electron chi connectivity index (χ1n) is 25.2. The molecule has 4 saturated carbocycles. The second kappa shape index (κ2) is 23.4. The fraction of sp³-hybridized carbons (Fsp3) is 0.878. The highest BCUT2D eigenvalue weighted by atomic mass is 32.2. The fourth-order valence-corrected chi connectivity index (χ4v) is 15.1. The van der Waals surface area contributed by atoms with Gasteiger partial charge < -0.3 is 36.4 Å². The van der Waals surface area contributed by atoms with Crippen molar-refractivity contribution in [3.63, 3.8) is 0 Å². The number of amides is 5. The number of carbonyl (C=O) groups excluding carboxylic acids is 5. The van der Waals surface area contributed by atoms with Crippen LogP contribution in [0.2, 0.25) is 0 Å². The largest absolute Gasteiger partial charge is 0.481 e. The summed E-state index contributed by atoms with van der Waals surface area (Å²) in [6, 6.07) is 0.386. The van der Waals surface area contributed by atoms with Crippen molar-refractivity contribution in [2.75, 3.05) is 25.4 Å². The molecule has 2 heterocycles. The van der Waals surface area contributed by atoms with Crippen molar-refractivity contribution in [3.8, 4) is 0 Å². The number of unbranched alkanes of at least 4 members (excludes halogenated alkanes) is 5. The summed E-state index contributed by atoms with van der Waals surface area (Å²) >= 11 is 1.90. The van der Waals surface area contributed by atoms with E-state index < -0.39 is 5.97 Å². The Morgan fingerprint density at radius 2 is 1.37 bits per heavy atom. The molecule has 6 rings (SSSR count). The molecule has 2 saturated heterocycles. The molecule has 0 aromatic rings. The Morgan fingerprint density at radius 3 is 2.05 bits per heavy atom. The van der Waals surface area contributed by atoms with Crippen molar-refractivity contribution >= 4 is 47.5 Å². The summed E-state index contributed by atoms with van der Waals surface area (Å²) in [7, 11) is 0. The molecule has 63 heavy (non-hydrogen) atoms. The van der Waals surface area contributed by atoms with Gasteiger partial charge >= 0.3 is 18.0 Å². The van der Waals surface area contributed by atoms with Gasteiger partial charge in [0.2, 0.25) is 17.7 Å². The van der Waals surface area contributed by atoms with E-state index in [0.717, 1.165) is 107 Å². The Bertz CT molecular complexity index is 1580. The van der Waals surface area contributed by atoms with Gasteiger partial charge in [-0.15, -0.1) is 0 Å². The number of hydrogen-bond donors (Lipinski definition) is 6. The third kappa shape index (κ3) is 13.3. The minimum absolute atomic E-state index is 0.0374. The van der Waals surface area contributed by atoms with Gasteiger partial charge in [-0.3, -0.25) is 24.0 Å². The molecule has 2 unspecified atom stereocenters. The highest BCUT2D eigenvalue weighted by Gasteiger charge is 2.60. The lowest BCUT2D eigenvalue weighted by Crippen LogP contribution is -2.54. The Kier molecular flexibility index (Phi) is 18.4. The van der Waals surface area contributed by atoms with E-state index in [0.29, 0.717) is 66.2 Å². The smallest absolute Gasteiger partial charge is 0.315 e. The van der Waals surface area contributed by atoms with Gasteiger partial charge in [0.15, 0.2) is 0 Å². The zero-order chi connectivity index (χ0) is 45.0. The highest BCUT2D eigenvalue weighted by molar-refractivity contribution is 8.00. The first kappa shape index (κ1) is 49.4. The van der Waals surface area contributed by atoms with Gasteiger partial charge in [-0.2, -0.15) is 11.8 Å². The average molecular weight is 900 g/mol. The number of thioether (sulfide) groups is 1. The molecule has 12 atom stereocenters. The lowest BCUT2D eigenvalue weighted by Gasteiger charge is -2.61. The highest BCUT2D eigenvalue weighted by Crippen LogP contribution is 2.68. The molecule has 13 nitrogen and oxygen atoms in total. The molecule has 6 aliphatic rings. The number of nitrogens with one attached hydrogen (secondary N) is 5. The van der Waals surface area contributed by atoms with E-state index in [-0.39, 0.29) is 67.3 Å². The van der Waals surface area contributed by atoms with Crippen molar-refractivity contribution in [2.45, 2.75) is 198 Å². The molecular formula is C49H81N5O8S. The van der Waals surface area contributed by atoms with E-state index in [9.17, 15) is 33.9 Å². The summed E-state index contributed by atoms with van der Waals surface area (Å²) < 4.78 is 6.01. The molecule has 14 heteroatoms. The second-order valence-electron chi connectivity index (χ2n) is 21.0. The van der Waals surface area contributed by atoms with E-state index in [4.69, 9.17) is 4.74 Å². The fourth-order valence-electron chi connectivity index (χ4n) is 13.6. The second-order valence-corrected chi connectivity index (χ2v) is 22.2. The number of esters is 1. The molecule has 0 spiro atoms. The van der Waals surface area contributed by atoms with Crippen LogP contribution >= 0.6 is 11.8 Å². The maximum absolute atomic E-state index is 12.9. The predicted molar refractivity (Wildman–Crippen MR) is 246 cm³/mol. The van der Waals surface area contributed by atoms with E-state index >= 15 is 0 Å². The summed E-state index contributed by atoms with van der Waals surface area (Å²) in [4.78, 5) is 72.6. The number of aliphatic carboxylic acids is 1. The first-order chi connectivity index (χ1) is 30.3. The van der Waals surface area contributed by atoms with Crippen molar-refractivity contribution in [3.05, 3.63) is 0 Å². The molecule has 5 amide bonds. The summed E-state index contributed by atoms with van der Waals surface area (Å²) in [5.41, 5.74) is 0.619. The van der Waals surface area contributed by atoms with Crippen LogP contribution in [0.15, 0.2) is 0 Å². The average Bonchev–Trinajstić information content (AvgIpc) is 3.92. The third-order valence-electron chi connectivity index (χ3n) is 17.0. The third-order valence-corrected chi connectivity index (χ3v) is 18.5. The minimum atomic E-state index is -0.680. The van der Waals surface area contributed by atoms with Gasteiger partial charge in [-0.05, 0) is 149 Å². The van der Waals surface area contributed by atoms with Gasteiger partial charge in [0.1, 0.15) is 6.10 Å². The quantitative estimate of drug-likeness (QED) is 0.0304. The van der Waals surface area contributed by atoms with E-state index in [1.54, 1.807) is 0 Å². The molecule has 6 N–H and O–H groups in total. The van der Waals surface area contributed by atoms with Gasteiger partial charge in [0.25, 0.3) is 0 Å². The monoisotopic (exact) mass is 900 g/mol. The van der Waals surface area contributed by atoms with Gasteiger partial charge in [-0.1, -0.05) is 40.0 Å². The zero-order valence-electron chi connectivity index (χ0n) is 38.8. The number of hydrogen-bond acceptors (Lipinski definition) is 8. The van der Waals surface area contributed by atoms with Crippen LogP contribution in [0.1, 0.15) is 175 Å². The molecule has 6 fully saturated rings. The lowest BCUT2D eigenvalue weighted by molar-refractivity contribution is -0.162. The van der Waals surface area contributed by atoms with Crippen LogP contribution in [0.3, 0.4) is 0 Å². The standard InChI is InChI=1S/C49H81N5O8S/c1-32(16-21-44(58)59)36-19-20-37-35-18-17-33-30-34(22-25-48(33,2)38(35)23-26-49(36,37)3)62-45(60)24-29-52-43(57)14-7-5-11-27-50-41(55)13-6-4-10-28-51-42(56)15-9-8-12-40-46-39(31-63-40)53-47(61)54-46/h32-40,46H,4-31H2,1-3H3,(H,50,55)(H,51,56)(H,52,57)(H,58,59)(H2,53,54,61)/t32-,33?,34?,35+,36-,37+,38+,39+,40+,46+,48+,49-/m1/s1. The Labute approximate surface area is 381 Å². The minimum Gasteiger partial charge on any atom is -0.481 e. The summed E-state index contributed by atoms with van der Waals surface area (Å²) in [6.45, 7) is 8.87. The Balaban J connectivity index is 0.729. The van der Waals surface area contributed by atoms with Crippen LogP contribution in [0.25, 0.3) is 0 Å². The number of urea groups is 1. The van der Waals surface area contributed by atoms with Gasteiger partial charge in [0.05, 0.1) is 18.5 Å². The number of ether oxygens (including phenoxy) is 1.